The predicted octanol–water partition coefficient (Wildman–Crippen LogP) is 4.61. The number of hydrogen-bond donors (Lipinski definition) is 0. The molecule has 0 unspecified atom stereocenters. The molecule has 0 aliphatic carbocycles. The number of hydrogen-bond acceptors (Lipinski definition) is 0. The van der Waals surface area contributed by atoms with Crippen LogP contribution in [0.5, 0.6) is 0 Å². The summed E-state index contributed by atoms with van der Waals surface area (Å²) in [7, 11) is 0. The Morgan fingerprint density at radius 1 is 0.933 bits per heavy atom. The summed E-state index contributed by atoms with van der Waals surface area (Å²) >= 11 is 0. The maximum Gasteiger partial charge on any atom is -0.0225 e. The van der Waals surface area contributed by atoms with E-state index in [0.29, 0.717) is 5.92 Å². The molecule has 15 heavy (non-hydrogen) atoms. The van der Waals surface area contributed by atoms with Crippen molar-refractivity contribution in [3.8, 4) is 0 Å². The van der Waals surface area contributed by atoms with Crippen LogP contribution >= 0.6 is 0 Å². The molecule has 0 bridgehead atoms. The van der Waals surface area contributed by atoms with E-state index in [1.807, 2.05) is 24.3 Å². The minimum absolute atomic E-state index is 0.464. The normalized spacial score (nSPS) is 11.1. The van der Waals surface area contributed by atoms with Gasteiger partial charge in [-0.25, -0.2) is 0 Å². The van der Waals surface area contributed by atoms with E-state index >= 15 is 0 Å². The minimum Gasteiger partial charge on any atom is -0.0991 e. The van der Waals surface area contributed by atoms with Gasteiger partial charge in [0, 0.05) is 0 Å². The SMILES string of the molecule is C=C/C=C\C(=C)C(=C)/C=C\C(=C)C(C)C. The van der Waals surface area contributed by atoms with E-state index in [2.05, 4.69) is 40.2 Å². The van der Waals surface area contributed by atoms with Gasteiger partial charge in [-0.1, -0.05) is 76.1 Å². The summed E-state index contributed by atoms with van der Waals surface area (Å²) in [6, 6.07) is 0. The lowest BCUT2D eigenvalue weighted by molar-refractivity contribution is 0.795. The van der Waals surface area contributed by atoms with Crippen LogP contribution in [0.1, 0.15) is 13.8 Å². The molecule has 0 aliphatic heterocycles. The Kier molecular flexibility index (Phi) is 6.12. The van der Waals surface area contributed by atoms with E-state index in [4.69, 9.17) is 0 Å². The number of allylic oxidation sites excluding steroid dienone is 8. The van der Waals surface area contributed by atoms with Gasteiger partial charge in [-0.15, -0.1) is 0 Å². The molecule has 0 spiro atoms. The first-order valence-electron chi connectivity index (χ1n) is 5.03. The molecule has 0 aromatic carbocycles. The zero-order valence-electron chi connectivity index (χ0n) is 9.79. The van der Waals surface area contributed by atoms with E-state index in [1.165, 1.54) is 0 Å². The van der Waals surface area contributed by atoms with Crippen LogP contribution < -0.4 is 0 Å². The van der Waals surface area contributed by atoms with Crippen LogP contribution in [0.3, 0.4) is 0 Å². The fourth-order valence-electron chi connectivity index (χ4n) is 0.798. The molecule has 0 N–H and O–H groups in total. The maximum absolute atomic E-state index is 3.96. The van der Waals surface area contributed by atoms with Crippen LogP contribution in [-0.4, -0.2) is 0 Å². The fourth-order valence-corrected chi connectivity index (χ4v) is 0.798. The summed E-state index contributed by atoms with van der Waals surface area (Å²) in [4.78, 5) is 0. The lowest BCUT2D eigenvalue weighted by Crippen LogP contribution is -1.88. The highest BCUT2D eigenvalue weighted by atomic mass is 14.0. The van der Waals surface area contributed by atoms with Gasteiger partial charge in [0.25, 0.3) is 0 Å². The Labute approximate surface area is 93.7 Å². The zero-order chi connectivity index (χ0) is 11.8. The third-order valence-corrected chi connectivity index (χ3v) is 2.09. The lowest BCUT2D eigenvalue weighted by atomic mass is 10.0. The molecule has 0 fully saturated rings. The van der Waals surface area contributed by atoms with Crippen molar-refractivity contribution >= 4 is 0 Å². The second-order valence-electron chi connectivity index (χ2n) is 3.71. The second kappa shape index (κ2) is 6.83. The molecule has 0 amide bonds. The van der Waals surface area contributed by atoms with Gasteiger partial charge < -0.3 is 0 Å². The van der Waals surface area contributed by atoms with Crippen LogP contribution in [0.2, 0.25) is 0 Å². The second-order valence-corrected chi connectivity index (χ2v) is 3.71. The smallest absolute Gasteiger partial charge is 0.0225 e. The van der Waals surface area contributed by atoms with E-state index in [-0.39, 0.29) is 0 Å². The van der Waals surface area contributed by atoms with E-state index in [1.54, 1.807) is 6.08 Å². The highest BCUT2D eigenvalue weighted by molar-refractivity contribution is 5.44. The molecule has 0 aromatic rings. The van der Waals surface area contributed by atoms with Crippen molar-refractivity contribution in [2.75, 3.05) is 0 Å². The molecule has 0 heterocycles. The Balaban J connectivity index is 4.37. The van der Waals surface area contributed by atoms with Crippen molar-refractivity contribution in [3.63, 3.8) is 0 Å². The van der Waals surface area contributed by atoms with Crippen LogP contribution in [0.15, 0.2) is 73.4 Å². The van der Waals surface area contributed by atoms with Gasteiger partial charge >= 0.3 is 0 Å². The molecule has 0 aliphatic rings. The Hall–Kier alpha value is -1.56. The van der Waals surface area contributed by atoms with Crippen molar-refractivity contribution in [2.24, 2.45) is 5.92 Å². The fraction of sp³-hybridized carbons (Fsp3) is 0.200. The largest absolute Gasteiger partial charge is 0.0991 e. The van der Waals surface area contributed by atoms with Crippen molar-refractivity contribution in [1.29, 1.82) is 0 Å². The molecule has 0 radical (unpaired) electrons. The standard InChI is InChI=1S/C15H20/c1-7-8-9-14(5)15(6)11-10-13(4)12(2)3/h7-12H,1,4-6H2,2-3H3/b9-8-,11-10-. The van der Waals surface area contributed by atoms with Gasteiger partial charge in [0.1, 0.15) is 0 Å². The Morgan fingerprint density at radius 3 is 1.93 bits per heavy atom. The highest BCUT2D eigenvalue weighted by Gasteiger charge is 1.95. The molecule has 0 aromatic heterocycles. The predicted molar refractivity (Wildman–Crippen MR) is 70.7 cm³/mol. The van der Waals surface area contributed by atoms with Crippen molar-refractivity contribution in [1.82, 2.24) is 0 Å². The van der Waals surface area contributed by atoms with Gasteiger partial charge in [-0.3, -0.25) is 0 Å². The molecular formula is C15H20. The van der Waals surface area contributed by atoms with E-state index in [0.717, 1.165) is 16.7 Å². The minimum atomic E-state index is 0.464. The summed E-state index contributed by atoms with van der Waals surface area (Å²) in [6.45, 7) is 19.6. The Bertz CT molecular complexity index is 322. The first-order chi connectivity index (χ1) is 6.99. The van der Waals surface area contributed by atoms with Crippen LogP contribution in [0.25, 0.3) is 0 Å². The van der Waals surface area contributed by atoms with Crippen LogP contribution in [0, 0.1) is 5.92 Å². The van der Waals surface area contributed by atoms with Crippen molar-refractivity contribution in [3.05, 3.63) is 73.4 Å². The molecule has 0 saturated heterocycles. The quantitative estimate of drug-likeness (QED) is 0.549. The molecule has 0 atom stereocenters. The van der Waals surface area contributed by atoms with Crippen LogP contribution in [-0.2, 0) is 0 Å². The van der Waals surface area contributed by atoms with Gasteiger partial charge in [-0.05, 0) is 17.1 Å². The molecule has 0 heteroatoms. The number of rotatable bonds is 6. The average molecular weight is 200 g/mol. The summed E-state index contributed by atoms with van der Waals surface area (Å²) in [5, 5.41) is 0. The van der Waals surface area contributed by atoms with Crippen LogP contribution in [0.4, 0.5) is 0 Å². The lowest BCUT2D eigenvalue weighted by Gasteiger charge is -2.03. The maximum atomic E-state index is 3.96. The third-order valence-electron chi connectivity index (χ3n) is 2.09. The highest BCUT2D eigenvalue weighted by Crippen LogP contribution is 2.13. The third kappa shape index (κ3) is 5.69. The summed E-state index contributed by atoms with van der Waals surface area (Å²) < 4.78 is 0. The first-order valence-corrected chi connectivity index (χ1v) is 5.03. The topological polar surface area (TPSA) is 0 Å². The van der Waals surface area contributed by atoms with Gasteiger partial charge in [0.15, 0.2) is 0 Å². The molecule has 0 rings (SSSR count). The summed E-state index contributed by atoms with van der Waals surface area (Å²) in [5.74, 6) is 0.464. The summed E-state index contributed by atoms with van der Waals surface area (Å²) in [6.07, 6.45) is 9.38. The molecule has 80 valence electrons. The zero-order valence-corrected chi connectivity index (χ0v) is 9.79. The first kappa shape index (κ1) is 13.4. The van der Waals surface area contributed by atoms with E-state index < -0.39 is 0 Å². The van der Waals surface area contributed by atoms with Gasteiger partial charge in [0.2, 0.25) is 0 Å². The monoisotopic (exact) mass is 200 g/mol. The summed E-state index contributed by atoms with van der Waals surface area (Å²) in [5.41, 5.74) is 2.88. The molecular weight excluding hydrogens is 180 g/mol. The average Bonchev–Trinajstić information content (AvgIpc) is 2.21. The molecule has 0 nitrogen and oxygen atoms in total. The Morgan fingerprint density at radius 2 is 1.47 bits per heavy atom. The van der Waals surface area contributed by atoms with E-state index in [9.17, 15) is 0 Å². The van der Waals surface area contributed by atoms with Gasteiger partial charge in [-0.2, -0.15) is 0 Å². The van der Waals surface area contributed by atoms with Crippen molar-refractivity contribution in [2.45, 2.75) is 13.8 Å². The van der Waals surface area contributed by atoms with Crippen molar-refractivity contribution < 1.29 is 0 Å². The van der Waals surface area contributed by atoms with Gasteiger partial charge in [0.05, 0.1) is 0 Å². The molecule has 0 saturated carbocycles.